The Balaban J connectivity index is 2.01. The fraction of sp³-hybridized carbons (Fsp3) is 0.188. The molecule has 0 aliphatic heterocycles. The van der Waals surface area contributed by atoms with Crippen molar-refractivity contribution in [1.29, 1.82) is 0 Å². The van der Waals surface area contributed by atoms with Crippen LogP contribution in [0.25, 0.3) is 0 Å². The monoisotopic (exact) mass is 272 g/mol. The zero-order valence-electron chi connectivity index (χ0n) is 11.2. The van der Waals surface area contributed by atoms with Gasteiger partial charge in [0.15, 0.2) is 6.10 Å². The van der Waals surface area contributed by atoms with Gasteiger partial charge in [-0.05, 0) is 42.8 Å². The van der Waals surface area contributed by atoms with Gasteiger partial charge in [0.2, 0.25) is 0 Å². The second-order valence-corrected chi connectivity index (χ2v) is 4.24. The van der Waals surface area contributed by atoms with Crippen LogP contribution in [-0.4, -0.2) is 17.2 Å². The quantitative estimate of drug-likeness (QED) is 0.870. The van der Waals surface area contributed by atoms with E-state index < -0.39 is 12.1 Å². The van der Waals surface area contributed by atoms with Crippen molar-refractivity contribution in [1.82, 2.24) is 0 Å². The highest BCUT2D eigenvalue weighted by atomic mass is 16.5. The van der Waals surface area contributed by atoms with Crippen LogP contribution >= 0.6 is 0 Å². The van der Waals surface area contributed by atoms with Crippen LogP contribution in [-0.2, 0) is 4.79 Å². The fourth-order valence-electron chi connectivity index (χ4n) is 1.68. The first kappa shape index (κ1) is 13.9. The van der Waals surface area contributed by atoms with E-state index in [1.54, 1.807) is 31.2 Å². The Bertz CT molecular complexity index is 548. The van der Waals surface area contributed by atoms with Crippen LogP contribution in [0, 0.1) is 0 Å². The van der Waals surface area contributed by atoms with E-state index in [0.29, 0.717) is 17.9 Å². The summed E-state index contributed by atoms with van der Waals surface area (Å²) in [6, 6.07) is 16.3. The predicted octanol–water partition coefficient (Wildman–Crippen LogP) is 3.72. The van der Waals surface area contributed by atoms with Gasteiger partial charge in [-0.15, -0.1) is 0 Å². The molecule has 0 bridgehead atoms. The summed E-state index contributed by atoms with van der Waals surface area (Å²) in [5, 5.41) is 8.93. The first-order chi connectivity index (χ1) is 9.69. The molecule has 0 radical (unpaired) electrons. The number of benzene rings is 2. The Labute approximate surface area is 117 Å². The van der Waals surface area contributed by atoms with Gasteiger partial charge in [0.05, 0.1) is 0 Å². The molecule has 0 aromatic heterocycles. The minimum absolute atomic E-state index is 0.414. The standard InChI is InChI=1S/C16H16O4/c1-2-15(16(17)18)20-14-10-8-13(9-11-14)19-12-6-4-3-5-7-12/h3-11,15H,2H2,1H3,(H,17,18). The average molecular weight is 272 g/mol. The van der Waals surface area contributed by atoms with Crippen molar-refractivity contribution >= 4 is 5.97 Å². The summed E-state index contributed by atoms with van der Waals surface area (Å²) in [7, 11) is 0. The second kappa shape index (κ2) is 6.61. The van der Waals surface area contributed by atoms with Gasteiger partial charge in [0.1, 0.15) is 17.2 Å². The number of hydrogen-bond donors (Lipinski definition) is 1. The summed E-state index contributed by atoms with van der Waals surface area (Å²) >= 11 is 0. The van der Waals surface area contributed by atoms with E-state index in [1.807, 2.05) is 30.3 Å². The molecule has 0 heterocycles. The molecule has 104 valence electrons. The maximum Gasteiger partial charge on any atom is 0.344 e. The number of carboxylic acids is 1. The summed E-state index contributed by atoms with van der Waals surface area (Å²) < 4.78 is 11.0. The molecule has 4 heteroatoms. The van der Waals surface area contributed by atoms with Crippen LogP contribution < -0.4 is 9.47 Å². The van der Waals surface area contributed by atoms with Gasteiger partial charge < -0.3 is 14.6 Å². The number of carboxylic acid groups (broad SMARTS) is 1. The SMILES string of the molecule is CCC(Oc1ccc(Oc2ccccc2)cc1)C(=O)O. The molecule has 0 amide bonds. The molecule has 0 fully saturated rings. The van der Waals surface area contributed by atoms with Gasteiger partial charge in [0, 0.05) is 0 Å². The molecular weight excluding hydrogens is 256 g/mol. The minimum atomic E-state index is -0.961. The number of hydrogen-bond acceptors (Lipinski definition) is 3. The fourth-order valence-corrected chi connectivity index (χ4v) is 1.68. The molecular formula is C16H16O4. The Kier molecular flexibility index (Phi) is 4.60. The molecule has 20 heavy (non-hydrogen) atoms. The largest absolute Gasteiger partial charge is 0.479 e. The first-order valence-electron chi connectivity index (χ1n) is 6.41. The lowest BCUT2D eigenvalue weighted by Crippen LogP contribution is -2.25. The maximum absolute atomic E-state index is 10.9. The Hall–Kier alpha value is -2.49. The molecule has 4 nitrogen and oxygen atoms in total. The summed E-state index contributed by atoms with van der Waals surface area (Å²) in [4.78, 5) is 10.9. The summed E-state index contributed by atoms with van der Waals surface area (Å²) in [6.07, 6.45) is -0.409. The van der Waals surface area contributed by atoms with Crippen LogP contribution in [0.1, 0.15) is 13.3 Å². The maximum atomic E-state index is 10.9. The molecule has 0 saturated heterocycles. The highest BCUT2D eigenvalue weighted by Gasteiger charge is 2.16. The molecule has 0 saturated carbocycles. The molecule has 1 unspecified atom stereocenters. The lowest BCUT2D eigenvalue weighted by molar-refractivity contribution is -0.145. The molecule has 1 N–H and O–H groups in total. The third-order valence-electron chi connectivity index (χ3n) is 2.73. The van der Waals surface area contributed by atoms with E-state index in [1.165, 1.54) is 0 Å². The van der Waals surface area contributed by atoms with Gasteiger partial charge >= 0.3 is 5.97 Å². The van der Waals surface area contributed by atoms with Crippen LogP contribution in [0.15, 0.2) is 54.6 Å². The lowest BCUT2D eigenvalue weighted by Gasteiger charge is -2.13. The molecule has 1 atom stereocenters. The van der Waals surface area contributed by atoms with Gasteiger partial charge in [-0.25, -0.2) is 4.79 Å². The van der Waals surface area contributed by atoms with Gasteiger partial charge in [-0.2, -0.15) is 0 Å². The van der Waals surface area contributed by atoms with Crippen LogP contribution in [0.2, 0.25) is 0 Å². The smallest absolute Gasteiger partial charge is 0.344 e. The number of ether oxygens (including phenoxy) is 2. The topological polar surface area (TPSA) is 55.8 Å². The number of aliphatic carboxylic acids is 1. The van der Waals surface area contributed by atoms with Crippen molar-refractivity contribution in [3.63, 3.8) is 0 Å². The average Bonchev–Trinajstić information content (AvgIpc) is 2.47. The first-order valence-corrected chi connectivity index (χ1v) is 6.41. The van der Waals surface area contributed by atoms with E-state index >= 15 is 0 Å². The third kappa shape index (κ3) is 3.75. The number of carbonyl (C=O) groups is 1. The minimum Gasteiger partial charge on any atom is -0.479 e. The summed E-state index contributed by atoms with van der Waals surface area (Å²) in [5.74, 6) is 0.974. The molecule has 0 aliphatic carbocycles. The van der Waals surface area contributed by atoms with Crippen molar-refractivity contribution in [2.24, 2.45) is 0 Å². The van der Waals surface area contributed by atoms with E-state index in [-0.39, 0.29) is 0 Å². The van der Waals surface area contributed by atoms with E-state index in [0.717, 1.165) is 5.75 Å². The normalized spacial score (nSPS) is 11.7. The Morgan fingerprint density at radius 2 is 1.55 bits per heavy atom. The van der Waals surface area contributed by atoms with Gasteiger partial charge in [-0.1, -0.05) is 25.1 Å². The van der Waals surface area contributed by atoms with E-state index in [2.05, 4.69) is 0 Å². The van der Waals surface area contributed by atoms with Gasteiger partial charge in [-0.3, -0.25) is 0 Å². The second-order valence-electron chi connectivity index (χ2n) is 4.24. The van der Waals surface area contributed by atoms with E-state index in [9.17, 15) is 4.79 Å². The summed E-state index contributed by atoms with van der Waals surface area (Å²) in [5.41, 5.74) is 0. The highest BCUT2D eigenvalue weighted by molar-refractivity contribution is 5.72. The van der Waals surface area contributed by atoms with E-state index in [4.69, 9.17) is 14.6 Å². The zero-order chi connectivity index (χ0) is 14.4. The zero-order valence-corrected chi connectivity index (χ0v) is 11.2. The van der Waals surface area contributed by atoms with Crippen molar-refractivity contribution in [3.8, 4) is 17.2 Å². The van der Waals surface area contributed by atoms with Crippen LogP contribution in [0.5, 0.6) is 17.2 Å². The number of para-hydroxylation sites is 1. The van der Waals surface area contributed by atoms with Crippen molar-refractivity contribution in [2.45, 2.75) is 19.4 Å². The molecule has 0 spiro atoms. The lowest BCUT2D eigenvalue weighted by atomic mass is 10.2. The Morgan fingerprint density at radius 1 is 1.00 bits per heavy atom. The van der Waals surface area contributed by atoms with Gasteiger partial charge in [0.25, 0.3) is 0 Å². The van der Waals surface area contributed by atoms with Crippen LogP contribution in [0.3, 0.4) is 0 Å². The molecule has 2 aromatic carbocycles. The van der Waals surface area contributed by atoms with Crippen molar-refractivity contribution in [2.75, 3.05) is 0 Å². The van der Waals surface area contributed by atoms with Crippen molar-refractivity contribution in [3.05, 3.63) is 54.6 Å². The molecule has 2 rings (SSSR count). The molecule has 2 aromatic rings. The van der Waals surface area contributed by atoms with Crippen LogP contribution in [0.4, 0.5) is 0 Å². The number of rotatable bonds is 6. The van der Waals surface area contributed by atoms with Crippen molar-refractivity contribution < 1.29 is 19.4 Å². The summed E-state index contributed by atoms with van der Waals surface area (Å²) in [6.45, 7) is 1.77. The predicted molar refractivity (Wildman–Crippen MR) is 75.3 cm³/mol. The molecule has 0 aliphatic rings. The third-order valence-corrected chi connectivity index (χ3v) is 2.73. The Morgan fingerprint density at radius 3 is 2.10 bits per heavy atom. The highest BCUT2D eigenvalue weighted by Crippen LogP contribution is 2.24.